The molecule has 0 amide bonds. The average molecular weight is 400 g/mol. The second-order valence-electron chi connectivity index (χ2n) is 5.53. The molecule has 3 nitrogen and oxygen atoms in total. The SMILES string of the molecule is CCc1ccc(NC=C(C#N)c2nc(-c3ccc(Cl)cc3Cl)cs2)cc1. The van der Waals surface area contributed by atoms with Crippen LogP contribution in [0.15, 0.2) is 54.0 Å². The number of thiazole rings is 1. The number of halogens is 2. The molecule has 130 valence electrons. The van der Waals surface area contributed by atoms with Gasteiger partial charge in [-0.2, -0.15) is 5.26 Å². The molecule has 0 saturated heterocycles. The van der Waals surface area contributed by atoms with Gasteiger partial charge in [-0.15, -0.1) is 11.3 Å². The first-order valence-electron chi connectivity index (χ1n) is 7.97. The van der Waals surface area contributed by atoms with Crippen LogP contribution in [0.2, 0.25) is 10.0 Å². The van der Waals surface area contributed by atoms with Gasteiger partial charge in [0.05, 0.1) is 10.7 Å². The molecular formula is C20H15Cl2N3S. The Balaban J connectivity index is 1.82. The van der Waals surface area contributed by atoms with Crippen LogP contribution in [0.3, 0.4) is 0 Å². The van der Waals surface area contributed by atoms with Crippen LogP contribution in [0.1, 0.15) is 17.5 Å². The highest BCUT2D eigenvalue weighted by Gasteiger charge is 2.11. The number of nitriles is 1. The number of nitrogens with one attached hydrogen (secondary N) is 1. The van der Waals surface area contributed by atoms with Gasteiger partial charge in [-0.05, 0) is 42.3 Å². The topological polar surface area (TPSA) is 48.7 Å². The van der Waals surface area contributed by atoms with E-state index in [0.717, 1.165) is 23.4 Å². The summed E-state index contributed by atoms with van der Waals surface area (Å²) in [4.78, 5) is 4.54. The maximum absolute atomic E-state index is 9.48. The van der Waals surface area contributed by atoms with Crippen LogP contribution in [-0.2, 0) is 6.42 Å². The van der Waals surface area contributed by atoms with Crippen molar-refractivity contribution < 1.29 is 0 Å². The molecule has 0 unspecified atom stereocenters. The van der Waals surface area contributed by atoms with Crippen LogP contribution >= 0.6 is 34.5 Å². The number of aromatic nitrogens is 1. The summed E-state index contributed by atoms with van der Waals surface area (Å²) in [6.07, 6.45) is 2.67. The smallest absolute Gasteiger partial charge is 0.136 e. The van der Waals surface area contributed by atoms with E-state index in [1.54, 1.807) is 18.3 Å². The van der Waals surface area contributed by atoms with Gasteiger partial charge in [0, 0.05) is 27.9 Å². The monoisotopic (exact) mass is 399 g/mol. The van der Waals surface area contributed by atoms with E-state index in [-0.39, 0.29) is 0 Å². The van der Waals surface area contributed by atoms with Gasteiger partial charge in [0.15, 0.2) is 0 Å². The maximum atomic E-state index is 9.48. The van der Waals surface area contributed by atoms with Gasteiger partial charge in [0.25, 0.3) is 0 Å². The molecule has 1 aromatic heterocycles. The van der Waals surface area contributed by atoms with E-state index in [0.29, 0.717) is 20.6 Å². The van der Waals surface area contributed by atoms with Crippen molar-refractivity contribution in [2.45, 2.75) is 13.3 Å². The number of rotatable bonds is 5. The second-order valence-corrected chi connectivity index (χ2v) is 7.23. The minimum atomic E-state index is 0.464. The average Bonchev–Trinajstić information content (AvgIpc) is 3.12. The molecule has 1 heterocycles. The van der Waals surface area contributed by atoms with E-state index in [2.05, 4.69) is 35.4 Å². The molecule has 0 fully saturated rings. The third kappa shape index (κ3) is 4.25. The Morgan fingerprint density at radius 3 is 2.65 bits per heavy atom. The zero-order chi connectivity index (χ0) is 18.5. The van der Waals surface area contributed by atoms with Gasteiger partial charge in [-0.25, -0.2) is 4.98 Å². The molecule has 0 aliphatic carbocycles. The Labute approximate surface area is 166 Å². The summed E-state index contributed by atoms with van der Waals surface area (Å²) < 4.78 is 0. The van der Waals surface area contributed by atoms with E-state index >= 15 is 0 Å². The Morgan fingerprint density at radius 2 is 2.00 bits per heavy atom. The van der Waals surface area contributed by atoms with Crippen LogP contribution in [0.4, 0.5) is 5.69 Å². The van der Waals surface area contributed by atoms with Crippen LogP contribution in [0.25, 0.3) is 16.8 Å². The molecule has 0 spiro atoms. The van der Waals surface area contributed by atoms with Crippen LogP contribution in [0, 0.1) is 11.3 Å². The van der Waals surface area contributed by atoms with Crippen LogP contribution in [0.5, 0.6) is 0 Å². The molecule has 3 rings (SSSR count). The molecule has 0 atom stereocenters. The zero-order valence-electron chi connectivity index (χ0n) is 14.0. The van der Waals surface area contributed by atoms with Gasteiger partial charge in [-0.3, -0.25) is 0 Å². The van der Waals surface area contributed by atoms with Crippen molar-refractivity contribution in [1.29, 1.82) is 5.26 Å². The quantitative estimate of drug-likeness (QED) is 0.488. The summed E-state index contributed by atoms with van der Waals surface area (Å²) in [6.45, 7) is 2.11. The Morgan fingerprint density at radius 1 is 1.23 bits per heavy atom. The summed E-state index contributed by atoms with van der Waals surface area (Å²) in [5.74, 6) is 0. The molecule has 0 saturated carbocycles. The van der Waals surface area contributed by atoms with Crippen molar-refractivity contribution in [3.05, 3.63) is 74.7 Å². The predicted octanol–water partition coefficient (Wildman–Crippen LogP) is 6.66. The highest BCUT2D eigenvalue weighted by atomic mass is 35.5. The standard InChI is InChI=1S/C20H15Cl2N3S/c1-2-13-3-6-16(7-4-13)24-11-14(10-23)20-25-19(12-26-20)17-8-5-15(21)9-18(17)22/h3-9,11-12,24H,2H2,1H3. The number of allylic oxidation sites excluding steroid dienone is 1. The summed E-state index contributed by atoms with van der Waals surface area (Å²) >= 11 is 13.6. The van der Waals surface area contributed by atoms with E-state index in [1.807, 2.05) is 23.6 Å². The Bertz CT molecular complexity index is 985. The highest BCUT2D eigenvalue weighted by Crippen LogP contribution is 2.32. The fourth-order valence-corrected chi connectivity index (χ4v) is 3.64. The maximum Gasteiger partial charge on any atom is 0.136 e. The number of nitrogens with zero attached hydrogens (tertiary/aromatic N) is 2. The highest BCUT2D eigenvalue weighted by molar-refractivity contribution is 7.11. The van der Waals surface area contributed by atoms with Crippen molar-refractivity contribution in [1.82, 2.24) is 4.98 Å². The van der Waals surface area contributed by atoms with Crippen molar-refractivity contribution in [3.63, 3.8) is 0 Å². The fourth-order valence-electron chi connectivity index (χ4n) is 2.35. The summed E-state index contributed by atoms with van der Waals surface area (Å²) in [5, 5.41) is 16.2. The van der Waals surface area contributed by atoms with Gasteiger partial charge in [-0.1, -0.05) is 42.3 Å². The van der Waals surface area contributed by atoms with Gasteiger partial charge >= 0.3 is 0 Å². The summed E-state index contributed by atoms with van der Waals surface area (Å²) in [7, 11) is 0. The largest absolute Gasteiger partial charge is 0.360 e. The normalized spacial score (nSPS) is 11.2. The molecule has 0 aliphatic rings. The van der Waals surface area contributed by atoms with Crippen molar-refractivity contribution in [3.8, 4) is 17.3 Å². The molecule has 3 aromatic rings. The first-order valence-corrected chi connectivity index (χ1v) is 9.61. The summed E-state index contributed by atoms with van der Waals surface area (Å²) in [5.41, 5.74) is 4.17. The lowest BCUT2D eigenvalue weighted by molar-refractivity contribution is 1.14. The molecule has 1 N–H and O–H groups in total. The predicted molar refractivity (Wildman–Crippen MR) is 111 cm³/mol. The second kappa shape index (κ2) is 8.37. The number of hydrogen-bond donors (Lipinski definition) is 1. The zero-order valence-corrected chi connectivity index (χ0v) is 16.3. The fraction of sp³-hybridized carbons (Fsp3) is 0.100. The van der Waals surface area contributed by atoms with Crippen LogP contribution < -0.4 is 5.32 Å². The lowest BCUT2D eigenvalue weighted by atomic mass is 10.1. The minimum Gasteiger partial charge on any atom is -0.360 e. The molecular weight excluding hydrogens is 385 g/mol. The third-order valence-corrected chi connectivity index (χ3v) is 5.23. The molecule has 6 heteroatoms. The first-order chi connectivity index (χ1) is 12.6. The molecule has 26 heavy (non-hydrogen) atoms. The Hall–Kier alpha value is -2.32. The minimum absolute atomic E-state index is 0.464. The van der Waals surface area contributed by atoms with Gasteiger partial charge in [0.2, 0.25) is 0 Å². The third-order valence-electron chi connectivity index (χ3n) is 3.81. The van der Waals surface area contributed by atoms with E-state index < -0.39 is 0 Å². The van der Waals surface area contributed by atoms with Crippen molar-refractivity contribution >= 4 is 45.8 Å². The lowest BCUT2D eigenvalue weighted by Gasteiger charge is -2.03. The van der Waals surface area contributed by atoms with E-state index in [1.165, 1.54) is 16.9 Å². The number of aryl methyl sites for hydroxylation is 1. The van der Waals surface area contributed by atoms with E-state index in [4.69, 9.17) is 23.2 Å². The van der Waals surface area contributed by atoms with Crippen molar-refractivity contribution in [2.75, 3.05) is 5.32 Å². The first kappa shape index (κ1) is 18.5. The molecule has 0 radical (unpaired) electrons. The molecule has 0 aliphatic heterocycles. The Kier molecular flexibility index (Phi) is 5.95. The lowest BCUT2D eigenvalue weighted by Crippen LogP contribution is -1.91. The number of benzene rings is 2. The van der Waals surface area contributed by atoms with Gasteiger partial charge < -0.3 is 5.32 Å². The van der Waals surface area contributed by atoms with E-state index in [9.17, 15) is 5.26 Å². The molecule has 0 bridgehead atoms. The molecule has 2 aromatic carbocycles. The van der Waals surface area contributed by atoms with Crippen molar-refractivity contribution in [2.24, 2.45) is 0 Å². The number of hydrogen-bond acceptors (Lipinski definition) is 4. The number of anilines is 1. The summed E-state index contributed by atoms with van der Waals surface area (Å²) in [6, 6.07) is 15.6. The van der Waals surface area contributed by atoms with Crippen LogP contribution in [-0.4, -0.2) is 4.98 Å². The van der Waals surface area contributed by atoms with Gasteiger partial charge in [0.1, 0.15) is 16.6 Å².